The average Bonchev–Trinajstić information content (AvgIpc) is 3.06. The van der Waals surface area contributed by atoms with E-state index in [0.29, 0.717) is 19.6 Å². The number of oxime groups is 1. The van der Waals surface area contributed by atoms with Crippen LogP contribution in [-0.2, 0) is 19.2 Å². The molecule has 7 nitrogen and oxygen atoms in total. The predicted molar refractivity (Wildman–Crippen MR) is 85.0 cm³/mol. The van der Waals surface area contributed by atoms with E-state index in [4.69, 9.17) is 9.57 Å². The summed E-state index contributed by atoms with van der Waals surface area (Å²) in [5.74, 6) is -0.619. The normalized spacial score (nSPS) is 17.8. The maximum absolute atomic E-state index is 12.2. The van der Waals surface area contributed by atoms with Crippen molar-refractivity contribution in [1.82, 2.24) is 10.6 Å². The Bertz CT molecular complexity index is 574. The van der Waals surface area contributed by atoms with E-state index in [2.05, 4.69) is 15.8 Å². The highest BCUT2D eigenvalue weighted by atomic mass is 16.6. The second kappa shape index (κ2) is 8.28. The van der Waals surface area contributed by atoms with E-state index in [1.807, 2.05) is 30.3 Å². The number of benzene rings is 1. The molecular weight excluding hydrogens is 298 g/mol. The van der Waals surface area contributed by atoms with Crippen LogP contribution in [0.25, 0.3) is 0 Å². The summed E-state index contributed by atoms with van der Waals surface area (Å²) >= 11 is 0. The highest BCUT2D eigenvalue weighted by molar-refractivity contribution is 6.04. The highest BCUT2D eigenvalue weighted by Crippen LogP contribution is 2.16. The van der Waals surface area contributed by atoms with E-state index in [1.54, 1.807) is 14.0 Å². The van der Waals surface area contributed by atoms with E-state index < -0.39 is 12.1 Å². The maximum atomic E-state index is 12.2. The van der Waals surface area contributed by atoms with E-state index in [1.165, 1.54) is 0 Å². The minimum absolute atomic E-state index is 0.266. The van der Waals surface area contributed by atoms with Gasteiger partial charge in [0.15, 0.2) is 0 Å². The molecule has 23 heavy (non-hydrogen) atoms. The monoisotopic (exact) mass is 319 g/mol. The quantitative estimate of drug-likeness (QED) is 0.714. The third kappa shape index (κ3) is 4.79. The van der Waals surface area contributed by atoms with Crippen molar-refractivity contribution >= 4 is 17.5 Å². The number of hydrogen-bond acceptors (Lipinski definition) is 5. The van der Waals surface area contributed by atoms with Crippen LogP contribution >= 0.6 is 0 Å². The minimum Gasteiger partial charge on any atom is -0.383 e. The third-order valence-electron chi connectivity index (χ3n) is 3.43. The molecule has 0 aromatic heterocycles. The van der Waals surface area contributed by atoms with Gasteiger partial charge in [-0.1, -0.05) is 35.5 Å². The zero-order valence-electron chi connectivity index (χ0n) is 13.2. The Balaban J connectivity index is 1.80. The first-order chi connectivity index (χ1) is 11.1. The summed E-state index contributed by atoms with van der Waals surface area (Å²) in [6, 6.07) is 8.88. The van der Waals surface area contributed by atoms with Crippen molar-refractivity contribution in [2.45, 2.75) is 25.5 Å². The summed E-state index contributed by atoms with van der Waals surface area (Å²) in [7, 11) is 1.55. The molecule has 0 fully saturated rings. The van der Waals surface area contributed by atoms with Crippen LogP contribution in [0.5, 0.6) is 0 Å². The predicted octanol–water partition coefficient (Wildman–Crippen LogP) is 0.447. The van der Waals surface area contributed by atoms with Crippen LogP contribution in [0.3, 0.4) is 0 Å². The number of rotatable bonds is 7. The van der Waals surface area contributed by atoms with E-state index in [-0.39, 0.29) is 11.8 Å². The van der Waals surface area contributed by atoms with E-state index >= 15 is 0 Å². The van der Waals surface area contributed by atoms with Crippen LogP contribution in [0.4, 0.5) is 0 Å². The smallest absolute Gasteiger partial charge is 0.264 e. The molecule has 0 unspecified atom stereocenters. The summed E-state index contributed by atoms with van der Waals surface area (Å²) in [4.78, 5) is 29.1. The number of nitrogens with zero attached hydrogens (tertiary/aromatic N) is 1. The minimum atomic E-state index is -0.709. The molecule has 0 saturated heterocycles. The van der Waals surface area contributed by atoms with Gasteiger partial charge in [0.1, 0.15) is 6.04 Å². The molecule has 2 atom stereocenters. The topological polar surface area (TPSA) is 89.0 Å². The molecule has 2 amide bonds. The lowest BCUT2D eigenvalue weighted by Crippen LogP contribution is -2.48. The molecule has 0 spiro atoms. The molecule has 2 rings (SSSR count). The third-order valence-corrected chi connectivity index (χ3v) is 3.43. The van der Waals surface area contributed by atoms with Crippen molar-refractivity contribution in [2.75, 3.05) is 20.3 Å². The Kier molecular flexibility index (Phi) is 6.10. The molecule has 1 aliphatic rings. The fraction of sp³-hybridized carbons (Fsp3) is 0.438. The van der Waals surface area contributed by atoms with E-state index in [9.17, 15) is 9.59 Å². The van der Waals surface area contributed by atoms with Gasteiger partial charge in [-0.25, -0.2) is 0 Å². The van der Waals surface area contributed by atoms with Crippen LogP contribution in [0.1, 0.15) is 18.9 Å². The molecule has 1 aromatic rings. The zero-order chi connectivity index (χ0) is 16.7. The molecule has 7 heteroatoms. The van der Waals surface area contributed by atoms with Gasteiger partial charge in [0, 0.05) is 20.1 Å². The standard InChI is InChI=1S/C16H21N3O4/c1-11(15(20)17-8-9-22-2)18-16(21)14-10-13(19-23-14)12-6-4-3-5-7-12/h3-7,11,14H,8-10H2,1-2H3,(H,17,20)(H,18,21)/t11-,14+/m1/s1. The molecule has 1 aliphatic heterocycles. The van der Waals surface area contributed by atoms with Gasteiger partial charge in [0.05, 0.1) is 12.3 Å². The molecule has 2 N–H and O–H groups in total. The van der Waals surface area contributed by atoms with Gasteiger partial charge in [-0.15, -0.1) is 0 Å². The largest absolute Gasteiger partial charge is 0.383 e. The molecule has 1 heterocycles. The zero-order valence-corrected chi connectivity index (χ0v) is 13.2. The number of hydrogen-bond donors (Lipinski definition) is 2. The second-order valence-electron chi connectivity index (χ2n) is 5.22. The fourth-order valence-corrected chi connectivity index (χ4v) is 2.12. The van der Waals surface area contributed by atoms with E-state index in [0.717, 1.165) is 11.3 Å². The summed E-state index contributed by atoms with van der Waals surface area (Å²) in [5.41, 5.74) is 1.65. The second-order valence-corrected chi connectivity index (χ2v) is 5.22. The van der Waals surface area contributed by atoms with Crippen molar-refractivity contribution in [2.24, 2.45) is 5.16 Å². The van der Waals surface area contributed by atoms with Gasteiger partial charge in [-0.2, -0.15) is 0 Å². The molecule has 0 radical (unpaired) electrons. The first-order valence-corrected chi connectivity index (χ1v) is 7.47. The van der Waals surface area contributed by atoms with Gasteiger partial charge in [-0.3, -0.25) is 9.59 Å². The van der Waals surface area contributed by atoms with Crippen LogP contribution in [0, 0.1) is 0 Å². The fourth-order valence-electron chi connectivity index (χ4n) is 2.12. The first kappa shape index (κ1) is 17.0. The first-order valence-electron chi connectivity index (χ1n) is 7.47. The number of ether oxygens (including phenoxy) is 1. The van der Waals surface area contributed by atoms with Crippen molar-refractivity contribution < 1.29 is 19.2 Å². The molecule has 0 bridgehead atoms. The van der Waals surface area contributed by atoms with Gasteiger partial charge in [0.25, 0.3) is 5.91 Å². The number of amides is 2. The molecule has 0 aliphatic carbocycles. The molecule has 0 saturated carbocycles. The van der Waals surface area contributed by atoms with Crippen LogP contribution in [0.15, 0.2) is 35.5 Å². The summed E-state index contributed by atoms with van der Waals surface area (Å²) in [5, 5.41) is 9.26. The van der Waals surface area contributed by atoms with Gasteiger partial charge < -0.3 is 20.2 Å². The number of carbonyl (C=O) groups is 2. The number of carbonyl (C=O) groups excluding carboxylic acids is 2. The summed E-state index contributed by atoms with van der Waals surface area (Å²) in [6.07, 6.45) is -0.326. The number of methoxy groups -OCH3 is 1. The average molecular weight is 319 g/mol. The lowest BCUT2D eigenvalue weighted by atomic mass is 10.0. The summed E-state index contributed by atoms with van der Waals surface area (Å²) < 4.78 is 4.85. The Morgan fingerprint density at radius 1 is 1.39 bits per heavy atom. The van der Waals surface area contributed by atoms with Gasteiger partial charge in [-0.05, 0) is 12.5 Å². The van der Waals surface area contributed by atoms with Crippen LogP contribution in [-0.4, -0.2) is 49.9 Å². The lowest BCUT2D eigenvalue weighted by molar-refractivity contribution is -0.135. The number of nitrogens with one attached hydrogen (secondary N) is 2. The highest BCUT2D eigenvalue weighted by Gasteiger charge is 2.30. The Morgan fingerprint density at radius 3 is 2.83 bits per heavy atom. The maximum Gasteiger partial charge on any atom is 0.264 e. The van der Waals surface area contributed by atoms with Crippen LogP contribution in [0.2, 0.25) is 0 Å². The Morgan fingerprint density at radius 2 is 2.13 bits per heavy atom. The van der Waals surface area contributed by atoms with Crippen molar-refractivity contribution in [3.63, 3.8) is 0 Å². The summed E-state index contributed by atoms with van der Waals surface area (Å²) in [6.45, 7) is 2.44. The van der Waals surface area contributed by atoms with Crippen molar-refractivity contribution in [1.29, 1.82) is 0 Å². The van der Waals surface area contributed by atoms with Crippen LogP contribution < -0.4 is 10.6 Å². The SMILES string of the molecule is COCCNC(=O)[C@@H](C)NC(=O)[C@@H]1CC(c2ccccc2)=NO1. The molecule has 1 aromatic carbocycles. The van der Waals surface area contributed by atoms with Crippen molar-refractivity contribution in [3.8, 4) is 0 Å². The van der Waals surface area contributed by atoms with Crippen molar-refractivity contribution in [3.05, 3.63) is 35.9 Å². The molecular formula is C16H21N3O4. The van der Waals surface area contributed by atoms with Gasteiger partial charge in [0.2, 0.25) is 12.0 Å². The Hall–Kier alpha value is -2.41. The lowest BCUT2D eigenvalue weighted by Gasteiger charge is -2.16. The van der Waals surface area contributed by atoms with Gasteiger partial charge >= 0.3 is 0 Å². The Labute approximate surface area is 135 Å². The molecule has 124 valence electrons.